The molecule has 0 spiro atoms. The molecule has 0 bridgehead atoms. The third-order valence-corrected chi connectivity index (χ3v) is 3.16. The summed E-state index contributed by atoms with van der Waals surface area (Å²) in [7, 11) is 0. The quantitative estimate of drug-likeness (QED) is 0.517. The molecule has 0 saturated heterocycles. The van der Waals surface area contributed by atoms with Crippen LogP contribution in [0.2, 0.25) is 0 Å². The Labute approximate surface area is 154 Å². The topological polar surface area (TPSA) is 93.7 Å². The van der Waals surface area contributed by atoms with E-state index in [0.29, 0.717) is 17.9 Å². The summed E-state index contributed by atoms with van der Waals surface area (Å²) in [4.78, 5) is 35.2. The first kappa shape index (κ1) is 21.5. The number of ether oxygens (including phenoxy) is 2. The van der Waals surface area contributed by atoms with Gasteiger partial charge in [-0.1, -0.05) is 13.3 Å². The first-order valence-corrected chi connectivity index (χ1v) is 8.69. The maximum atomic E-state index is 12.0. The highest BCUT2D eigenvalue weighted by Gasteiger charge is 2.15. The smallest absolute Gasteiger partial charge is 0.325 e. The van der Waals surface area contributed by atoms with Crippen molar-refractivity contribution in [2.75, 3.05) is 19.8 Å². The molecule has 0 aromatic heterocycles. The lowest BCUT2D eigenvalue weighted by molar-refractivity contribution is -0.147. The van der Waals surface area contributed by atoms with Crippen LogP contribution < -0.4 is 15.4 Å². The van der Waals surface area contributed by atoms with E-state index >= 15 is 0 Å². The monoisotopic (exact) mass is 364 g/mol. The van der Waals surface area contributed by atoms with Crippen molar-refractivity contribution in [2.24, 2.45) is 0 Å². The van der Waals surface area contributed by atoms with Crippen LogP contribution in [-0.2, 0) is 14.3 Å². The third-order valence-electron chi connectivity index (χ3n) is 3.16. The summed E-state index contributed by atoms with van der Waals surface area (Å²) in [5.74, 6) is -0.779. The second-order valence-corrected chi connectivity index (χ2v) is 6.87. The molecule has 0 aliphatic carbocycles. The van der Waals surface area contributed by atoms with Gasteiger partial charge in [-0.2, -0.15) is 0 Å². The molecular formula is C19H28N2O5. The van der Waals surface area contributed by atoms with Crippen LogP contribution in [0.4, 0.5) is 0 Å². The zero-order valence-electron chi connectivity index (χ0n) is 15.9. The van der Waals surface area contributed by atoms with E-state index in [0.717, 1.165) is 12.8 Å². The molecule has 2 amide bonds. The summed E-state index contributed by atoms with van der Waals surface area (Å²) in [6.07, 6.45) is 2.02. The van der Waals surface area contributed by atoms with E-state index in [1.165, 1.54) is 0 Å². The summed E-state index contributed by atoms with van der Waals surface area (Å²) >= 11 is 0. The maximum absolute atomic E-state index is 12.0. The van der Waals surface area contributed by atoms with Gasteiger partial charge in [0.15, 0.2) is 6.61 Å². The Morgan fingerprint density at radius 3 is 2.31 bits per heavy atom. The average Bonchev–Trinajstić information content (AvgIpc) is 2.57. The number of carbonyl (C=O) groups excluding carboxylic acids is 3. The number of esters is 1. The Kier molecular flexibility index (Phi) is 8.61. The van der Waals surface area contributed by atoms with E-state index < -0.39 is 23.3 Å². The van der Waals surface area contributed by atoms with Crippen LogP contribution in [0.3, 0.4) is 0 Å². The summed E-state index contributed by atoms with van der Waals surface area (Å²) < 4.78 is 10.3. The summed E-state index contributed by atoms with van der Waals surface area (Å²) in [5.41, 5.74) is 0.00975. The second-order valence-electron chi connectivity index (χ2n) is 6.87. The predicted octanol–water partition coefficient (Wildman–Crippen LogP) is 2.05. The standard InChI is InChI=1S/C19H28N2O5/c1-5-6-11-25-15-9-7-14(8-10-15)18(24)20-12-17(23)26-13-16(22)21-19(2,3)4/h7-10H,5-6,11-13H2,1-4H3,(H,20,24)(H,21,22). The lowest BCUT2D eigenvalue weighted by atomic mass is 10.1. The van der Waals surface area contributed by atoms with Gasteiger partial charge < -0.3 is 20.1 Å². The normalized spacial score (nSPS) is 10.8. The zero-order chi connectivity index (χ0) is 19.6. The molecule has 7 nitrogen and oxygen atoms in total. The molecule has 0 atom stereocenters. The number of rotatable bonds is 9. The van der Waals surface area contributed by atoms with Gasteiger partial charge in [-0.25, -0.2) is 0 Å². The first-order chi connectivity index (χ1) is 12.2. The fourth-order valence-corrected chi connectivity index (χ4v) is 1.94. The zero-order valence-corrected chi connectivity index (χ0v) is 15.9. The fourth-order valence-electron chi connectivity index (χ4n) is 1.94. The van der Waals surface area contributed by atoms with Gasteiger partial charge in [0, 0.05) is 11.1 Å². The van der Waals surface area contributed by atoms with E-state index in [-0.39, 0.29) is 13.2 Å². The van der Waals surface area contributed by atoms with Gasteiger partial charge in [-0.05, 0) is 51.5 Å². The molecule has 0 unspecified atom stereocenters. The van der Waals surface area contributed by atoms with E-state index in [4.69, 9.17) is 9.47 Å². The van der Waals surface area contributed by atoms with Crippen LogP contribution in [0.1, 0.15) is 50.9 Å². The van der Waals surface area contributed by atoms with E-state index in [9.17, 15) is 14.4 Å². The van der Waals surface area contributed by atoms with Crippen LogP contribution in [0.5, 0.6) is 5.75 Å². The predicted molar refractivity (Wildman–Crippen MR) is 98.0 cm³/mol. The molecule has 144 valence electrons. The molecule has 1 aromatic carbocycles. The van der Waals surface area contributed by atoms with Gasteiger partial charge in [0.1, 0.15) is 12.3 Å². The largest absolute Gasteiger partial charge is 0.494 e. The molecule has 26 heavy (non-hydrogen) atoms. The Hall–Kier alpha value is -2.57. The van der Waals surface area contributed by atoms with Crippen LogP contribution >= 0.6 is 0 Å². The first-order valence-electron chi connectivity index (χ1n) is 8.69. The van der Waals surface area contributed by atoms with Crippen LogP contribution in [-0.4, -0.2) is 43.1 Å². The van der Waals surface area contributed by atoms with Crippen LogP contribution in [0, 0.1) is 0 Å². The second kappa shape index (κ2) is 10.4. The number of carbonyl (C=O) groups is 3. The highest BCUT2D eigenvalue weighted by atomic mass is 16.5. The molecular weight excluding hydrogens is 336 g/mol. The van der Waals surface area contributed by atoms with E-state index in [1.54, 1.807) is 24.3 Å². The lowest BCUT2D eigenvalue weighted by Crippen LogP contribution is -2.43. The SMILES string of the molecule is CCCCOc1ccc(C(=O)NCC(=O)OCC(=O)NC(C)(C)C)cc1. The van der Waals surface area contributed by atoms with Gasteiger partial charge in [0.25, 0.3) is 11.8 Å². The third kappa shape index (κ3) is 9.05. The molecule has 7 heteroatoms. The van der Waals surface area contributed by atoms with Crippen molar-refractivity contribution in [2.45, 2.75) is 46.1 Å². The minimum atomic E-state index is -0.679. The minimum absolute atomic E-state index is 0.309. The maximum Gasteiger partial charge on any atom is 0.325 e. The molecule has 1 rings (SSSR count). The van der Waals surface area contributed by atoms with Gasteiger partial charge in [0.05, 0.1) is 6.61 Å². The molecule has 0 aliphatic heterocycles. The highest BCUT2D eigenvalue weighted by Crippen LogP contribution is 2.12. The molecule has 0 radical (unpaired) electrons. The van der Waals surface area contributed by atoms with Gasteiger partial charge in [-0.15, -0.1) is 0 Å². The van der Waals surface area contributed by atoms with E-state index in [2.05, 4.69) is 17.6 Å². The molecule has 0 aliphatic rings. The average molecular weight is 364 g/mol. The summed E-state index contributed by atoms with van der Waals surface area (Å²) in [6, 6.07) is 6.66. The van der Waals surface area contributed by atoms with Crippen molar-refractivity contribution in [1.82, 2.24) is 10.6 Å². The number of hydrogen-bond acceptors (Lipinski definition) is 5. The van der Waals surface area contributed by atoms with Gasteiger partial charge in [-0.3, -0.25) is 14.4 Å². The number of amides is 2. The highest BCUT2D eigenvalue weighted by molar-refractivity contribution is 5.96. The number of benzene rings is 1. The van der Waals surface area contributed by atoms with Crippen molar-refractivity contribution in [3.63, 3.8) is 0 Å². The minimum Gasteiger partial charge on any atom is -0.494 e. The number of unbranched alkanes of at least 4 members (excludes halogenated alkanes) is 1. The van der Waals surface area contributed by atoms with Crippen molar-refractivity contribution in [1.29, 1.82) is 0 Å². The Morgan fingerprint density at radius 2 is 1.73 bits per heavy atom. The van der Waals surface area contributed by atoms with E-state index in [1.807, 2.05) is 20.8 Å². The molecule has 2 N–H and O–H groups in total. The molecule has 0 saturated carbocycles. The molecule has 0 fully saturated rings. The molecule has 0 heterocycles. The van der Waals surface area contributed by atoms with Crippen molar-refractivity contribution in [3.05, 3.63) is 29.8 Å². The van der Waals surface area contributed by atoms with Crippen LogP contribution in [0.15, 0.2) is 24.3 Å². The number of hydrogen-bond donors (Lipinski definition) is 2. The molecule has 1 aromatic rings. The summed E-state index contributed by atoms with van der Waals surface area (Å²) in [5, 5.41) is 5.13. The van der Waals surface area contributed by atoms with Gasteiger partial charge >= 0.3 is 5.97 Å². The lowest BCUT2D eigenvalue weighted by Gasteiger charge is -2.20. The Morgan fingerprint density at radius 1 is 1.08 bits per heavy atom. The number of nitrogens with one attached hydrogen (secondary N) is 2. The van der Waals surface area contributed by atoms with Crippen LogP contribution in [0.25, 0.3) is 0 Å². The van der Waals surface area contributed by atoms with Crippen molar-refractivity contribution < 1.29 is 23.9 Å². The van der Waals surface area contributed by atoms with Gasteiger partial charge in [0.2, 0.25) is 0 Å². The van der Waals surface area contributed by atoms with Crippen molar-refractivity contribution in [3.8, 4) is 5.75 Å². The summed E-state index contributed by atoms with van der Waals surface area (Å²) in [6.45, 7) is 7.51. The Balaban J connectivity index is 2.34. The Bertz CT molecular complexity index is 605. The van der Waals surface area contributed by atoms with Crippen molar-refractivity contribution >= 4 is 17.8 Å². The fraction of sp³-hybridized carbons (Fsp3) is 0.526.